The third-order valence-corrected chi connectivity index (χ3v) is 3.72. The van der Waals surface area contributed by atoms with Crippen molar-refractivity contribution in [3.05, 3.63) is 29.3 Å². The lowest BCUT2D eigenvalue weighted by atomic mass is 9.96. The van der Waals surface area contributed by atoms with Crippen LogP contribution in [0.4, 0.5) is 5.69 Å². The topological polar surface area (TPSA) is 61.4 Å². The quantitative estimate of drug-likeness (QED) is 0.807. The van der Waals surface area contributed by atoms with Crippen molar-refractivity contribution in [2.45, 2.75) is 32.9 Å². The van der Waals surface area contributed by atoms with E-state index in [1.165, 1.54) is 5.56 Å². The molecule has 0 atom stereocenters. The zero-order valence-corrected chi connectivity index (χ0v) is 12.4. The van der Waals surface area contributed by atoms with E-state index in [1.807, 2.05) is 44.9 Å². The van der Waals surface area contributed by atoms with Gasteiger partial charge < -0.3 is 10.2 Å². The summed E-state index contributed by atoms with van der Waals surface area (Å²) in [7, 11) is 1.90. The first-order valence-electron chi connectivity index (χ1n) is 6.72. The van der Waals surface area contributed by atoms with E-state index in [4.69, 9.17) is 0 Å². The van der Waals surface area contributed by atoms with Gasteiger partial charge in [0.2, 0.25) is 5.91 Å². The average molecular weight is 275 g/mol. The number of amides is 2. The molecule has 5 nitrogen and oxygen atoms in total. The fraction of sp³-hybridized carbons (Fsp3) is 0.467. The molecule has 1 heterocycles. The van der Waals surface area contributed by atoms with E-state index in [-0.39, 0.29) is 18.4 Å². The second kappa shape index (κ2) is 5.25. The molecule has 1 saturated heterocycles. The van der Waals surface area contributed by atoms with E-state index in [9.17, 15) is 9.59 Å². The lowest BCUT2D eigenvalue weighted by Gasteiger charge is -2.42. The monoisotopic (exact) mass is 275 g/mol. The van der Waals surface area contributed by atoms with Crippen LogP contribution in [0.15, 0.2) is 18.2 Å². The lowest BCUT2D eigenvalue weighted by Crippen LogP contribution is -2.64. The molecule has 1 aliphatic heterocycles. The molecule has 2 rings (SSSR count). The van der Waals surface area contributed by atoms with Gasteiger partial charge in [-0.15, -0.1) is 0 Å². The standard InChI is InChI=1S/C15H21N3O2/c1-10-7-11(8-16-4)5-6-12(10)18-9-13(19)17-14(20)15(18,2)3/h5-7,16H,8-9H2,1-4H3,(H,17,19,20). The Labute approximate surface area is 119 Å². The highest BCUT2D eigenvalue weighted by Gasteiger charge is 2.41. The molecule has 0 saturated carbocycles. The minimum absolute atomic E-state index is 0.199. The average Bonchev–Trinajstić information content (AvgIpc) is 2.35. The number of carbonyl (C=O) groups is 2. The first-order valence-corrected chi connectivity index (χ1v) is 6.72. The van der Waals surface area contributed by atoms with E-state index in [2.05, 4.69) is 16.7 Å². The molecule has 2 N–H and O–H groups in total. The normalized spacial score (nSPS) is 18.1. The van der Waals surface area contributed by atoms with Gasteiger partial charge in [0, 0.05) is 12.2 Å². The summed E-state index contributed by atoms with van der Waals surface area (Å²) in [5, 5.41) is 5.50. The van der Waals surface area contributed by atoms with Crippen molar-refractivity contribution in [2.75, 3.05) is 18.5 Å². The molecule has 0 aliphatic carbocycles. The fourth-order valence-electron chi connectivity index (χ4n) is 2.50. The Balaban J connectivity index is 2.38. The number of hydrogen-bond acceptors (Lipinski definition) is 4. The van der Waals surface area contributed by atoms with Gasteiger partial charge in [0.1, 0.15) is 5.54 Å². The first kappa shape index (κ1) is 14.5. The van der Waals surface area contributed by atoms with Crippen LogP contribution in [0, 0.1) is 6.92 Å². The highest BCUT2D eigenvalue weighted by molar-refractivity contribution is 6.06. The zero-order valence-electron chi connectivity index (χ0n) is 12.4. The number of aryl methyl sites for hydroxylation is 1. The number of rotatable bonds is 3. The summed E-state index contributed by atoms with van der Waals surface area (Å²) >= 11 is 0. The molecule has 1 aromatic carbocycles. The second-order valence-corrected chi connectivity index (χ2v) is 5.67. The lowest BCUT2D eigenvalue weighted by molar-refractivity contribution is -0.135. The van der Waals surface area contributed by atoms with Gasteiger partial charge in [0.05, 0.1) is 6.54 Å². The third-order valence-electron chi connectivity index (χ3n) is 3.72. The summed E-state index contributed by atoms with van der Waals surface area (Å²) in [4.78, 5) is 25.5. The van der Waals surface area contributed by atoms with Crippen LogP contribution in [-0.4, -0.2) is 30.9 Å². The van der Waals surface area contributed by atoms with Crippen molar-refractivity contribution in [2.24, 2.45) is 0 Å². The highest BCUT2D eigenvalue weighted by atomic mass is 16.2. The van der Waals surface area contributed by atoms with Gasteiger partial charge in [-0.25, -0.2) is 0 Å². The summed E-state index contributed by atoms with van der Waals surface area (Å²) < 4.78 is 0. The minimum atomic E-state index is -0.733. The van der Waals surface area contributed by atoms with Crippen LogP contribution in [-0.2, 0) is 16.1 Å². The van der Waals surface area contributed by atoms with Gasteiger partial charge in [-0.1, -0.05) is 12.1 Å². The predicted molar refractivity (Wildman–Crippen MR) is 78.5 cm³/mol. The van der Waals surface area contributed by atoms with Gasteiger partial charge in [-0.2, -0.15) is 0 Å². The third kappa shape index (κ3) is 2.54. The summed E-state index contributed by atoms with van der Waals surface area (Å²) in [6, 6.07) is 6.08. The van der Waals surface area contributed by atoms with Crippen molar-refractivity contribution >= 4 is 17.5 Å². The molecule has 0 bridgehead atoms. The number of nitrogens with zero attached hydrogens (tertiary/aromatic N) is 1. The maximum absolute atomic E-state index is 12.0. The number of imide groups is 1. The molecule has 0 radical (unpaired) electrons. The molecule has 5 heteroatoms. The summed E-state index contributed by atoms with van der Waals surface area (Å²) in [6.45, 7) is 6.65. The second-order valence-electron chi connectivity index (χ2n) is 5.67. The molecular weight excluding hydrogens is 254 g/mol. The van der Waals surface area contributed by atoms with Crippen molar-refractivity contribution in [1.29, 1.82) is 0 Å². The van der Waals surface area contributed by atoms with Crippen molar-refractivity contribution < 1.29 is 9.59 Å². The van der Waals surface area contributed by atoms with Crippen molar-refractivity contribution in [3.63, 3.8) is 0 Å². The van der Waals surface area contributed by atoms with Gasteiger partial charge in [-0.05, 0) is 45.0 Å². The van der Waals surface area contributed by atoms with Crippen LogP contribution < -0.4 is 15.5 Å². The molecule has 0 aromatic heterocycles. The largest absolute Gasteiger partial charge is 0.348 e. The van der Waals surface area contributed by atoms with Crippen LogP contribution in [0.2, 0.25) is 0 Å². The molecule has 20 heavy (non-hydrogen) atoms. The van der Waals surface area contributed by atoms with Crippen molar-refractivity contribution in [1.82, 2.24) is 10.6 Å². The number of benzene rings is 1. The number of hydrogen-bond donors (Lipinski definition) is 2. The van der Waals surface area contributed by atoms with E-state index in [0.717, 1.165) is 17.8 Å². The first-order chi connectivity index (χ1) is 9.36. The highest BCUT2D eigenvalue weighted by Crippen LogP contribution is 2.29. The van der Waals surface area contributed by atoms with Crippen LogP contribution in [0.25, 0.3) is 0 Å². The van der Waals surface area contributed by atoms with E-state index in [0.29, 0.717) is 0 Å². The molecule has 0 unspecified atom stereocenters. The summed E-state index contributed by atoms with van der Waals surface area (Å²) in [5.41, 5.74) is 2.44. The Morgan fingerprint density at radius 2 is 2.05 bits per heavy atom. The van der Waals surface area contributed by atoms with Gasteiger partial charge in [0.15, 0.2) is 0 Å². The number of piperazine rings is 1. The van der Waals surface area contributed by atoms with Crippen LogP contribution in [0.3, 0.4) is 0 Å². The molecule has 1 fully saturated rings. The van der Waals surface area contributed by atoms with Crippen molar-refractivity contribution in [3.8, 4) is 0 Å². The Morgan fingerprint density at radius 1 is 1.35 bits per heavy atom. The maximum Gasteiger partial charge on any atom is 0.251 e. The summed E-state index contributed by atoms with van der Waals surface area (Å²) in [5.74, 6) is -0.513. The van der Waals surface area contributed by atoms with E-state index < -0.39 is 5.54 Å². The van der Waals surface area contributed by atoms with Crippen LogP contribution in [0.5, 0.6) is 0 Å². The number of anilines is 1. The van der Waals surface area contributed by atoms with E-state index >= 15 is 0 Å². The Morgan fingerprint density at radius 3 is 2.65 bits per heavy atom. The molecule has 0 spiro atoms. The molecule has 1 aromatic rings. The van der Waals surface area contributed by atoms with E-state index in [1.54, 1.807) is 0 Å². The Kier molecular flexibility index (Phi) is 3.81. The van der Waals surface area contributed by atoms with Gasteiger partial charge >= 0.3 is 0 Å². The molecule has 1 aliphatic rings. The molecule has 108 valence electrons. The number of nitrogens with one attached hydrogen (secondary N) is 2. The Bertz CT molecular complexity index is 552. The maximum atomic E-state index is 12.0. The van der Waals surface area contributed by atoms with Gasteiger partial charge in [-0.3, -0.25) is 14.9 Å². The fourth-order valence-corrected chi connectivity index (χ4v) is 2.50. The minimum Gasteiger partial charge on any atom is -0.348 e. The predicted octanol–water partition coefficient (Wildman–Crippen LogP) is 0.956. The van der Waals surface area contributed by atoms with Crippen LogP contribution >= 0.6 is 0 Å². The Hall–Kier alpha value is -1.88. The summed E-state index contributed by atoms with van der Waals surface area (Å²) in [6.07, 6.45) is 0. The molecule has 2 amide bonds. The van der Waals surface area contributed by atoms with Crippen LogP contribution in [0.1, 0.15) is 25.0 Å². The SMILES string of the molecule is CNCc1ccc(N2CC(=O)NC(=O)C2(C)C)c(C)c1. The zero-order chi connectivity index (χ0) is 14.9. The number of carbonyl (C=O) groups excluding carboxylic acids is 2. The smallest absolute Gasteiger partial charge is 0.251 e. The van der Waals surface area contributed by atoms with Gasteiger partial charge in [0.25, 0.3) is 5.91 Å². The molecular formula is C15H21N3O2.